The van der Waals surface area contributed by atoms with Crippen LogP contribution in [0.1, 0.15) is 26.7 Å². The van der Waals surface area contributed by atoms with Crippen LogP contribution in [0.25, 0.3) is 0 Å². The van der Waals surface area contributed by atoms with Crippen LogP contribution < -0.4 is 5.32 Å². The molecule has 0 aromatic carbocycles. The van der Waals surface area contributed by atoms with Crippen LogP contribution in [0.2, 0.25) is 0 Å². The summed E-state index contributed by atoms with van der Waals surface area (Å²) in [5, 5.41) is 3.09. The van der Waals surface area contributed by atoms with Gasteiger partial charge in [-0.05, 0) is 13.5 Å². The van der Waals surface area contributed by atoms with Crippen molar-refractivity contribution in [3.05, 3.63) is 0 Å². The van der Waals surface area contributed by atoms with Gasteiger partial charge in [0.2, 0.25) is 5.91 Å². The zero-order chi connectivity index (χ0) is 12.0. The number of amides is 1. The maximum absolute atomic E-state index is 12.1. The Morgan fingerprint density at radius 1 is 1.62 bits per heavy atom. The molecule has 0 aromatic rings. The highest BCUT2D eigenvalue weighted by Crippen LogP contribution is 2.13. The van der Waals surface area contributed by atoms with E-state index in [9.17, 15) is 4.79 Å². The largest absolute Gasteiger partial charge is 0.373 e. The van der Waals surface area contributed by atoms with E-state index in [0.29, 0.717) is 6.61 Å². The molecule has 4 heteroatoms. The highest BCUT2D eigenvalue weighted by Gasteiger charge is 2.26. The maximum atomic E-state index is 12.1. The van der Waals surface area contributed by atoms with Gasteiger partial charge in [0.15, 0.2) is 0 Å². The SMILES string of the molecule is CCCC(C)C(=O)N1CCOC(CNC)C1. The van der Waals surface area contributed by atoms with E-state index < -0.39 is 0 Å². The first-order valence-electron chi connectivity index (χ1n) is 6.24. The van der Waals surface area contributed by atoms with Crippen molar-refractivity contribution in [1.29, 1.82) is 0 Å². The summed E-state index contributed by atoms with van der Waals surface area (Å²) in [5.41, 5.74) is 0. The molecule has 0 bridgehead atoms. The van der Waals surface area contributed by atoms with E-state index in [1.807, 2.05) is 18.9 Å². The van der Waals surface area contributed by atoms with Crippen LogP contribution in [-0.4, -0.2) is 50.2 Å². The Bertz CT molecular complexity index is 219. The lowest BCUT2D eigenvalue weighted by molar-refractivity contribution is -0.142. The fraction of sp³-hybridized carbons (Fsp3) is 0.917. The highest BCUT2D eigenvalue weighted by atomic mass is 16.5. The van der Waals surface area contributed by atoms with Gasteiger partial charge < -0.3 is 15.0 Å². The third-order valence-electron chi connectivity index (χ3n) is 3.03. The number of hydrogen-bond acceptors (Lipinski definition) is 3. The summed E-state index contributed by atoms with van der Waals surface area (Å²) in [6.45, 7) is 7.09. The predicted molar refractivity (Wildman–Crippen MR) is 64.3 cm³/mol. The zero-order valence-electron chi connectivity index (χ0n) is 10.7. The van der Waals surface area contributed by atoms with Crippen molar-refractivity contribution in [1.82, 2.24) is 10.2 Å². The summed E-state index contributed by atoms with van der Waals surface area (Å²) < 4.78 is 5.58. The number of nitrogens with zero attached hydrogens (tertiary/aromatic N) is 1. The van der Waals surface area contributed by atoms with Gasteiger partial charge in [-0.25, -0.2) is 0 Å². The quantitative estimate of drug-likeness (QED) is 0.759. The molecular weight excluding hydrogens is 204 g/mol. The Kier molecular flexibility index (Phi) is 5.77. The first-order chi connectivity index (χ1) is 7.69. The van der Waals surface area contributed by atoms with Crippen LogP contribution in [0.15, 0.2) is 0 Å². The fourth-order valence-corrected chi connectivity index (χ4v) is 2.14. The van der Waals surface area contributed by atoms with Gasteiger partial charge in [-0.15, -0.1) is 0 Å². The first-order valence-corrected chi connectivity index (χ1v) is 6.24. The smallest absolute Gasteiger partial charge is 0.225 e. The predicted octanol–water partition coefficient (Wildman–Crippen LogP) is 0.869. The average molecular weight is 228 g/mol. The molecule has 16 heavy (non-hydrogen) atoms. The Balaban J connectivity index is 2.43. The summed E-state index contributed by atoms with van der Waals surface area (Å²) in [6, 6.07) is 0. The molecule has 1 rings (SSSR count). The van der Waals surface area contributed by atoms with Gasteiger partial charge in [0.05, 0.1) is 12.7 Å². The maximum Gasteiger partial charge on any atom is 0.225 e. The lowest BCUT2D eigenvalue weighted by atomic mass is 10.0. The van der Waals surface area contributed by atoms with Crippen LogP contribution >= 0.6 is 0 Å². The summed E-state index contributed by atoms with van der Waals surface area (Å²) in [6.07, 6.45) is 2.20. The number of morpholine rings is 1. The van der Waals surface area contributed by atoms with E-state index in [0.717, 1.165) is 32.5 Å². The second-order valence-corrected chi connectivity index (χ2v) is 4.52. The molecule has 1 saturated heterocycles. The molecule has 2 unspecified atom stereocenters. The van der Waals surface area contributed by atoms with Crippen molar-refractivity contribution in [3.8, 4) is 0 Å². The number of ether oxygens (including phenoxy) is 1. The minimum Gasteiger partial charge on any atom is -0.373 e. The van der Waals surface area contributed by atoms with E-state index in [2.05, 4.69) is 12.2 Å². The van der Waals surface area contributed by atoms with Gasteiger partial charge in [-0.3, -0.25) is 4.79 Å². The Morgan fingerprint density at radius 3 is 3.00 bits per heavy atom. The summed E-state index contributed by atoms with van der Waals surface area (Å²) in [5.74, 6) is 0.435. The van der Waals surface area contributed by atoms with Gasteiger partial charge in [0, 0.05) is 25.6 Å². The third-order valence-corrected chi connectivity index (χ3v) is 3.03. The monoisotopic (exact) mass is 228 g/mol. The molecule has 1 heterocycles. The van der Waals surface area contributed by atoms with E-state index in [1.165, 1.54) is 0 Å². The van der Waals surface area contributed by atoms with Crippen molar-refractivity contribution < 1.29 is 9.53 Å². The number of rotatable bonds is 5. The van der Waals surface area contributed by atoms with Crippen molar-refractivity contribution >= 4 is 5.91 Å². The van der Waals surface area contributed by atoms with Gasteiger partial charge in [0.25, 0.3) is 0 Å². The van der Waals surface area contributed by atoms with Crippen LogP contribution in [0.4, 0.5) is 0 Å². The van der Waals surface area contributed by atoms with Crippen LogP contribution in [-0.2, 0) is 9.53 Å². The van der Waals surface area contributed by atoms with Crippen molar-refractivity contribution in [3.63, 3.8) is 0 Å². The van der Waals surface area contributed by atoms with E-state index in [4.69, 9.17) is 4.74 Å². The van der Waals surface area contributed by atoms with Gasteiger partial charge >= 0.3 is 0 Å². The number of nitrogens with one attached hydrogen (secondary N) is 1. The molecule has 1 fully saturated rings. The molecule has 2 atom stereocenters. The molecular formula is C12H24N2O2. The minimum absolute atomic E-state index is 0.150. The summed E-state index contributed by atoms with van der Waals surface area (Å²) >= 11 is 0. The summed E-state index contributed by atoms with van der Waals surface area (Å²) in [4.78, 5) is 14.0. The molecule has 1 N–H and O–H groups in total. The number of hydrogen-bond donors (Lipinski definition) is 1. The van der Waals surface area contributed by atoms with Crippen molar-refractivity contribution in [2.75, 3.05) is 33.3 Å². The molecule has 1 aliphatic heterocycles. The van der Waals surface area contributed by atoms with Crippen molar-refractivity contribution in [2.24, 2.45) is 5.92 Å². The lowest BCUT2D eigenvalue weighted by Gasteiger charge is -2.34. The summed E-state index contributed by atoms with van der Waals surface area (Å²) in [7, 11) is 1.91. The van der Waals surface area contributed by atoms with Crippen LogP contribution in [0.3, 0.4) is 0 Å². The molecule has 0 aromatic heterocycles. The van der Waals surface area contributed by atoms with Crippen molar-refractivity contribution in [2.45, 2.75) is 32.8 Å². The van der Waals surface area contributed by atoms with Gasteiger partial charge in [-0.1, -0.05) is 20.3 Å². The van der Waals surface area contributed by atoms with E-state index in [1.54, 1.807) is 0 Å². The second kappa shape index (κ2) is 6.86. The Labute approximate surface area is 98.3 Å². The highest BCUT2D eigenvalue weighted by molar-refractivity contribution is 5.78. The molecule has 0 saturated carbocycles. The number of likely N-dealkylation sites (N-methyl/N-ethyl adjacent to an activating group) is 1. The molecule has 1 amide bonds. The standard InChI is InChI=1S/C12H24N2O2/c1-4-5-10(2)12(15)14-6-7-16-11(9-14)8-13-3/h10-11,13H,4-9H2,1-3H3. The first kappa shape index (κ1) is 13.5. The molecule has 0 spiro atoms. The van der Waals surface area contributed by atoms with Crippen LogP contribution in [0, 0.1) is 5.92 Å². The minimum atomic E-state index is 0.150. The number of carbonyl (C=O) groups is 1. The van der Waals surface area contributed by atoms with Crippen LogP contribution in [0.5, 0.6) is 0 Å². The molecule has 0 radical (unpaired) electrons. The van der Waals surface area contributed by atoms with Gasteiger partial charge in [-0.2, -0.15) is 0 Å². The molecule has 94 valence electrons. The van der Waals surface area contributed by atoms with E-state index in [-0.39, 0.29) is 17.9 Å². The second-order valence-electron chi connectivity index (χ2n) is 4.52. The third kappa shape index (κ3) is 3.76. The molecule has 4 nitrogen and oxygen atoms in total. The average Bonchev–Trinajstić information content (AvgIpc) is 2.29. The topological polar surface area (TPSA) is 41.6 Å². The Hall–Kier alpha value is -0.610. The van der Waals surface area contributed by atoms with Gasteiger partial charge in [0.1, 0.15) is 0 Å². The Morgan fingerprint density at radius 2 is 2.38 bits per heavy atom. The lowest BCUT2D eigenvalue weighted by Crippen LogP contribution is -2.49. The number of carbonyl (C=O) groups excluding carboxylic acids is 1. The normalized spacial score (nSPS) is 23.2. The van der Waals surface area contributed by atoms with E-state index >= 15 is 0 Å². The zero-order valence-corrected chi connectivity index (χ0v) is 10.7. The molecule has 0 aliphatic carbocycles. The molecule has 1 aliphatic rings. The fourth-order valence-electron chi connectivity index (χ4n) is 2.14.